The number of anilines is 2. The summed E-state index contributed by atoms with van der Waals surface area (Å²) in [4.78, 5) is 2.51. The zero-order valence-corrected chi connectivity index (χ0v) is 9.45. The molecular weight excluding hydrogens is 184 g/mol. The highest BCUT2D eigenvalue weighted by atomic mass is 15.2. The van der Waals surface area contributed by atoms with E-state index in [1.165, 1.54) is 31.4 Å². The lowest BCUT2D eigenvalue weighted by Crippen LogP contribution is -2.32. The van der Waals surface area contributed by atoms with Gasteiger partial charge in [-0.15, -0.1) is 0 Å². The lowest BCUT2D eigenvalue weighted by atomic mass is 10.1. The standard InChI is InChI=1S/C13H20N2/c1-2-15(12-5-3-4-6-12)13-9-7-11(14)8-10-13/h7-10,12H,2-6,14H2,1H3. The Hall–Kier alpha value is -1.18. The Morgan fingerprint density at radius 2 is 1.80 bits per heavy atom. The van der Waals surface area contributed by atoms with Crippen LogP contribution >= 0.6 is 0 Å². The van der Waals surface area contributed by atoms with Gasteiger partial charge in [0.2, 0.25) is 0 Å². The Labute approximate surface area is 92.1 Å². The zero-order chi connectivity index (χ0) is 10.7. The molecule has 0 unspecified atom stereocenters. The Morgan fingerprint density at radius 1 is 1.20 bits per heavy atom. The summed E-state index contributed by atoms with van der Waals surface area (Å²) in [6.45, 7) is 3.32. The topological polar surface area (TPSA) is 29.3 Å². The summed E-state index contributed by atoms with van der Waals surface area (Å²) in [5.74, 6) is 0. The van der Waals surface area contributed by atoms with Crippen LogP contribution in [0.5, 0.6) is 0 Å². The summed E-state index contributed by atoms with van der Waals surface area (Å²) in [5.41, 5.74) is 7.87. The molecule has 0 heterocycles. The molecule has 15 heavy (non-hydrogen) atoms. The third-order valence-electron chi connectivity index (χ3n) is 3.33. The minimum atomic E-state index is 0.749. The van der Waals surface area contributed by atoms with E-state index in [9.17, 15) is 0 Å². The minimum Gasteiger partial charge on any atom is -0.399 e. The number of hydrogen-bond acceptors (Lipinski definition) is 2. The lowest BCUT2D eigenvalue weighted by molar-refractivity contribution is 0.620. The highest BCUT2D eigenvalue weighted by Crippen LogP contribution is 2.28. The molecule has 1 aromatic carbocycles. The van der Waals surface area contributed by atoms with Crippen LogP contribution in [0.4, 0.5) is 11.4 Å². The van der Waals surface area contributed by atoms with Crippen LogP contribution in [-0.4, -0.2) is 12.6 Å². The van der Waals surface area contributed by atoms with Crippen molar-refractivity contribution in [2.24, 2.45) is 0 Å². The molecule has 0 saturated heterocycles. The van der Waals surface area contributed by atoms with Crippen molar-refractivity contribution < 1.29 is 0 Å². The molecular formula is C13H20N2. The molecule has 2 nitrogen and oxygen atoms in total. The average molecular weight is 204 g/mol. The van der Waals surface area contributed by atoms with Crippen molar-refractivity contribution >= 4 is 11.4 Å². The molecule has 2 heteroatoms. The minimum absolute atomic E-state index is 0.749. The molecule has 1 fully saturated rings. The van der Waals surface area contributed by atoms with E-state index in [1.54, 1.807) is 0 Å². The van der Waals surface area contributed by atoms with Crippen LogP contribution in [0.15, 0.2) is 24.3 Å². The fraction of sp³-hybridized carbons (Fsp3) is 0.538. The first-order valence-corrected chi connectivity index (χ1v) is 5.93. The highest BCUT2D eigenvalue weighted by molar-refractivity contribution is 5.53. The molecule has 0 bridgehead atoms. The van der Waals surface area contributed by atoms with Gasteiger partial charge in [-0.05, 0) is 44.0 Å². The zero-order valence-electron chi connectivity index (χ0n) is 9.45. The van der Waals surface area contributed by atoms with Crippen LogP contribution in [0.3, 0.4) is 0 Å². The fourth-order valence-electron chi connectivity index (χ4n) is 2.53. The van der Waals surface area contributed by atoms with Crippen LogP contribution in [0, 0.1) is 0 Å². The van der Waals surface area contributed by atoms with E-state index >= 15 is 0 Å². The van der Waals surface area contributed by atoms with Gasteiger partial charge in [0.1, 0.15) is 0 Å². The first-order chi connectivity index (χ1) is 7.31. The maximum atomic E-state index is 5.70. The van der Waals surface area contributed by atoms with Crippen molar-refractivity contribution in [3.05, 3.63) is 24.3 Å². The molecule has 0 amide bonds. The molecule has 1 aliphatic rings. The van der Waals surface area contributed by atoms with Gasteiger partial charge in [0, 0.05) is 24.0 Å². The van der Waals surface area contributed by atoms with E-state index in [0.717, 1.165) is 18.3 Å². The molecule has 0 aromatic heterocycles. The maximum absolute atomic E-state index is 5.70. The third kappa shape index (κ3) is 2.25. The summed E-state index contributed by atoms with van der Waals surface area (Å²) in [7, 11) is 0. The van der Waals surface area contributed by atoms with Gasteiger partial charge in [0.15, 0.2) is 0 Å². The predicted octanol–water partition coefficient (Wildman–Crippen LogP) is 3.04. The summed E-state index contributed by atoms with van der Waals surface area (Å²) in [6.07, 6.45) is 5.46. The molecule has 0 aliphatic heterocycles. The average Bonchev–Trinajstić information content (AvgIpc) is 2.75. The molecule has 1 aliphatic carbocycles. The summed E-state index contributed by atoms with van der Waals surface area (Å²) in [6, 6.07) is 9.01. The highest BCUT2D eigenvalue weighted by Gasteiger charge is 2.21. The lowest BCUT2D eigenvalue weighted by Gasteiger charge is -2.30. The number of nitrogen functional groups attached to an aromatic ring is 1. The molecule has 2 rings (SSSR count). The van der Waals surface area contributed by atoms with Crippen LogP contribution in [-0.2, 0) is 0 Å². The number of benzene rings is 1. The third-order valence-corrected chi connectivity index (χ3v) is 3.33. The van der Waals surface area contributed by atoms with Crippen LogP contribution in [0.25, 0.3) is 0 Å². The van der Waals surface area contributed by atoms with Crippen molar-refractivity contribution in [1.82, 2.24) is 0 Å². The van der Waals surface area contributed by atoms with Crippen molar-refractivity contribution in [2.75, 3.05) is 17.2 Å². The molecule has 0 spiro atoms. The normalized spacial score (nSPS) is 16.9. The van der Waals surface area contributed by atoms with E-state index in [2.05, 4.69) is 24.0 Å². The second-order valence-corrected chi connectivity index (χ2v) is 4.32. The van der Waals surface area contributed by atoms with E-state index in [-0.39, 0.29) is 0 Å². The molecule has 0 atom stereocenters. The van der Waals surface area contributed by atoms with E-state index in [1.807, 2.05) is 12.1 Å². The molecule has 1 aromatic rings. The smallest absolute Gasteiger partial charge is 0.0370 e. The van der Waals surface area contributed by atoms with Gasteiger partial charge in [0.05, 0.1) is 0 Å². The first-order valence-electron chi connectivity index (χ1n) is 5.93. The van der Waals surface area contributed by atoms with Gasteiger partial charge in [-0.2, -0.15) is 0 Å². The largest absolute Gasteiger partial charge is 0.399 e. The Bertz CT molecular complexity index is 299. The van der Waals surface area contributed by atoms with Gasteiger partial charge >= 0.3 is 0 Å². The van der Waals surface area contributed by atoms with Crippen molar-refractivity contribution in [3.8, 4) is 0 Å². The van der Waals surface area contributed by atoms with E-state index in [0.29, 0.717) is 0 Å². The SMILES string of the molecule is CCN(c1ccc(N)cc1)C1CCCC1. The van der Waals surface area contributed by atoms with Crippen LogP contribution in [0.1, 0.15) is 32.6 Å². The van der Waals surface area contributed by atoms with Gasteiger partial charge < -0.3 is 10.6 Å². The number of hydrogen-bond donors (Lipinski definition) is 1. The first kappa shape index (κ1) is 10.3. The summed E-state index contributed by atoms with van der Waals surface area (Å²) in [5, 5.41) is 0. The van der Waals surface area contributed by atoms with Crippen LogP contribution < -0.4 is 10.6 Å². The van der Waals surface area contributed by atoms with Crippen molar-refractivity contribution in [2.45, 2.75) is 38.6 Å². The quantitative estimate of drug-likeness (QED) is 0.767. The summed E-state index contributed by atoms with van der Waals surface area (Å²) < 4.78 is 0. The van der Waals surface area contributed by atoms with Crippen molar-refractivity contribution in [1.29, 1.82) is 0 Å². The molecule has 1 saturated carbocycles. The van der Waals surface area contributed by atoms with Crippen molar-refractivity contribution in [3.63, 3.8) is 0 Å². The van der Waals surface area contributed by atoms with E-state index < -0.39 is 0 Å². The number of nitrogens with zero attached hydrogens (tertiary/aromatic N) is 1. The second kappa shape index (κ2) is 4.56. The van der Waals surface area contributed by atoms with E-state index in [4.69, 9.17) is 5.73 Å². The Balaban J connectivity index is 2.14. The number of nitrogens with two attached hydrogens (primary N) is 1. The van der Waals surface area contributed by atoms with Gasteiger partial charge in [-0.25, -0.2) is 0 Å². The van der Waals surface area contributed by atoms with Gasteiger partial charge in [0.25, 0.3) is 0 Å². The summed E-state index contributed by atoms with van der Waals surface area (Å²) >= 11 is 0. The Morgan fingerprint density at radius 3 is 2.33 bits per heavy atom. The van der Waals surface area contributed by atoms with Gasteiger partial charge in [-0.1, -0.05) is 12.8 Å². The van der Waals surface area contributed by atoms with Crippen LogP contribution in [0.2, 0.25) is 0 Å². The second-order valence-electron chi connectivity index (χ2n) is 4.32. The fourth-order valence-corrected chi connectivity index (χ4v) is 2.53. The predicted molar refractivity (Wildman–Crippen MR) is 66.1 cm³/mol. The molecule has 0 radical (unpaired) electrons. The molecule has 2 N–H and O–H groups in total. The molecule has 82 valence electrons. The van der Waals surface area contributed by atoms with Gasteiger partial charge in [-0.3, -0.25) is 0 Å². The monoisotopic (exact) mass is 204 g/mol. The Kier molecular flexibility index (Phi) is 3.14. The number of rotatable bonds is 3. The maximum Gasteiger partial charge on any atom is 0.0370 e.